The minimum atomic E-state index is -0.945. The molecular weight excluding hydrogens is 290 g/mol. The van der Waals surface area contributed by atoms with Crippen molar-refractivity contribution in [2.75, 3.05) is 5.73 Å². The Labute approximate surface area is 134 Å². The van der Waals surface area contributed by atoms with Gasteiger partial charge in [0.15, 0.2) is 0 Å². The number of aromatic carboxylic acids is 1. The molecule has 0 unspecified atom stereocenters. The minimum absolute atomic E-state index is 0.281. The minimum Gasteiger partial charge on any atom is -0.478 e. The molecule has 0 aliphatic rings. The topological polar surface area (TPSA) is 81.1 Å². The van der Waals surface area contributed by atoms with Crippen molar-refractivity contribution < 1.29 is 9.90 Å². The van der Waals surface area contributed by atoms with E-state index in [0.29, 0.717) is 18.1 Å². The van der Waals surface area contributed by atoms with Gasteiger partial charge in [0.1, 0.15) is 5.82 Å². The van der Waals surface area contributed by atoms with E-state index in [1.807, 2.05) is 47.9 Å². The first-order valence-electron chi connectivity index (χ1n) is 7.36. The lowest BCUT2D eigenvalue weighted by Crippen LogP contribution is -2.03. The third-order valence-corrected chi connectivity index (χ3v) is 3.77. The number of hydrogen-bond acceptors (Lipinski definition) is 3. The Balaban J connectivity index is 2.29. The fourth-order valence-corrected chi connectivity index (χ4v) is 2.79. The Morgan fingerprint density at radius 3 is 2.52 bits per heavy atom. The van der Waals surface area contributed by atoms with Crippen LogP contribution in [0.25, 0.3) is 22.5 Å². The summed E-state index contributed by atoms with van der Waals surface area (Å²) in [6, 6.07) is 14.8. The molecule has 5 nitrogen and oxygen atoms in total. The van der Waals surface area contributed by atoms with E-state index in [4.69, 9.17) is 5.73 Å². The van der Waals surface area contributed by atoms with Crippen molar-refractivity contribution in [1.82, 2.24) is 9.55 Å². The zero-order chi connectivity index (χ0) is 16.4. The van der Waals surface area contributed by atoms with E-state index in [9.17, 15) is 9.90 Å². The summed E-state index contributed by atoms with van der Waals surface area (Å²) in [7, 11) is 0. The first-order chi connectivity index (χ1) is 11.1. The number of nitrogens with zero attached hydrogens (tertiary/aromatic N) is 2. The van der Waals surface area contributed by atoms with Crippen molar-refractivity contribution in [2.24, 2.45) is 0 Å². The summed E-state index contributed by atoms with van der Waals surface area (Å²) >= 11 is 0. The van der Waals surface area contributed by atoms with Gasteiger partial charge in [-0.3, -0.25) is 0 Å². The van der Waals surface area contributed by atoms with E-state index < -0.39 is 5.97 Å². The maximum atomic E-state index is 11.7. The number of rotatable bonds is 4. The Kier molecular flexibility index (Phi) is 3.85. The first-order valence-corrected chi connectivity index (χ1v) is 7.36. The van der Waals surface area contributed by atoms with Crippen LogP contribution in [0.4, 0.5) is 5.82 Å². The van der Waals surface area contributed by atoms with E-state index in [-0.39, 0.29) is 5.56 Å². The lowest BCUT2D eigenvalue weighted by atomic mass is 10.1. The lowest BCUT2D eigenvalue weighted by Gasteiger charge is -2.12. The molecule has 3 rings (SSSR count). The summed E-state index contributed by atoms with van der Waals surface area (Å²) in [5.41, 5.74) is 9.29. The standard InChI is InChI=1S/C18H17N3O2/c1-2-21-15(13-8-9-20-16(19)10-13)11-14(18(22)23)17(21)12-6-4-3-5-7-12/h3-11H,2H2,1H3,(H2,19,20)(H,22,23). The van der Waals surface area contributed by atoms with Crippen LogP contribution in [0.2, 0.25) is 0 Å². The number of pyridine rings is 1. The van der Waals surface area contributed by atoms with Crippen LogP contribution in [-0.4, -0.2) is 20.6 Å². The van der Waals surface area contributed by atoms with Crippen molar-refractivity contribution in [3.05, 3.63) is 60.3 Å². The number of nitrogens with two attached hydrogens (primary N) is 1. The van der Waals surface area contributed by atoms with Crippen LogP contribution in [0, 0.1) is 0 Å². The number of hydrogen-bond donors (Lipinski definition) is 2. The molecule has 0 aliphatic carbocycles. The van der Waals surface area contributed by atoms with E-state index in [1.54, 1.807) is 18.3 Å². The third-order valence-electron chi connectivity index (χ3n) is 3.77. The fourth-order valence-electron chi connectivity index (χ4n) is 2.79. The largest absolute Gasteiger partial charge is 0.478 e. The fraction of sp³-hybridized carbons (Fsp3) is 0.111. The summed E-state index contributed by atoms with van der Waals surface area (Å²) in [5.74, 6) is -0.538. The van der Waals surface area contributed by atoms with Gasteiger partial charge < -0.3 is 15.4 Å². The molecule has 3 N–H and O–H groups in total. The smallest absolute Gasteiger partial charge is 0.337 e. The average molecular weight is 307 g/mol. The summed E-state index contributed by atoms with van der Waals surface area (Å²) in [6.07, 6.45) is 1.63. The highest BCUT2D eigenvalue weighted by atomic mass is 16.4. The molecular formula is C18H17N3O2. The van der Waals surface area contributed by atoms with Crippen LogP contribution < -0.4 is 5.73 Å². The van der Waals surface area contributed by atoms with Gasteiger partial charge in [-0.1, -0.05) is 30.3 Å². The molecule has 0 aliphatic heterocycles. The van der Waals surface area contributed by atoms with Crippen molar-refractivity contribution >= 4 is 11.8 Å². The van der Waals surface area contributed by atoms with Gasteiger partial charge in [0, 0.05) is 24.0 Å². The summed E-state index contributed by atoms with van der Waals surface area (Å²) < 4.78 is 1.99. The molecule has 0 atom stereocenters. The maximum absolute atomic E-state index is 11.7. The van der Waals surface area contributed by atoms with Gasteiger partial charge in [0.2, 0.25) is 0 Å². The molecule has 2 aromatic heterocycles. The molecule has 5 heteroatoms. The van der Waals surface area contributed by atoms with Crippen molar-refractivity contribution in [2.45, 2.75) is 13.5 Å². The highest BCUT2D eigenvalue weighted by Crippen LogP contribution is 2.33. The zero-order valence-corrected chi connectivity index (χ0v) is 12.7. The second-order valence-electron chi connectivity index (χ2n) is 5.18. The number of benzene rings is 1. The van der Waals surface area contributed by atoms with Crippen LogP contribution in [0.15, 0.2) is 54.7 Å². The summed E-state index contributed by atoms with van der Waals surface area (Å²) in [5, 5.41) is 9.61. The zero-order valence-electron chi connectivity index (χ0n) is 12.7. The summed E-state index contributed by atoms with van der Waals surface area (Å²) in [4.78, 5) is 15.7. The van der Waals surface area contributed by atoms with Gasteiger partial charge in [0.25, 0.3) is 0 Å². The molecule has 0 radical (unpaired) electrons. The van der Waals surface area contributed by atoms with Crippen molar-refractivity contribution in [1.29, 1.82) is 0 Å². The van der Waals surface area contributed by atoms with Gasteiger partial charge >= 0.3 is 5.97 Å². The van der Waals surface area contributed by atoms with Crippen molar-refractivity contribution in [3.63, 3.8) is 0 Å². The normalized spacial score (nSPS) is 10.7. The van der Waals surface area contributed by atoms with Crippen LogP contribution in [0.3, 0.4) is 0 Å². The Bertz CT molecular complexity index is 854. The van der Waals surface area contributed by atoms with Gasteiger partial charge in [-0.25, -0.2) is 9.78 Å². The predicted molar refractivity (Wildman–Crippen MR) is 90.1 cm³/mol. The highest BCUT2D eigenvalue weighted by molar-refractivity contribution is 5.97. The SMILES string of the molecule is CCn1c(-c2ccnc(N)c2)cc(C(=O)O)c1-c1ccccc1. The average Bonchev–Trinajstić information content (AvgIpc) is 2.95. The van der Waals surface area contributed by atoms with E-state index in [0.717, 1.165) is 16.8 Å². The molecule has 23 heavy (non-hydrogen) atoms. The number of carboxylic acid groups (broad SMARTS) is 1. The second kappa shape index (κ2) is 5.96. The van der Waals surface area contributed by atoms with Crippen LogP contribution >= 0.6 is 0 Å². The molecule has 0 saturated carbocycles. The second-order valence-corrected chi connectivity index (χ2v) is 5.18. The Morgan fingerprint density at radius 2 is 1.91 bits per heavy atom. The number of anilines is 1. The summed E-state index contributed by atoms with van der Waals surface area (Å²) in [6.45, 7) is 2.64. The predicted octanol–water partition coefficient (Wildman–Crippen LogP) is 3.52. The lowest BCUT2D eigenvalue weighted by molar-refractivity contribution is 0.0698. The van der Waals surface area contributed by atoms with Crippen LogP contribution in [-0.2, 0) is 6.54 Å². The van der Waals surface area contributed by atoms with Crippen LogP contribution in [0.5, 0.6) is 0 Å². The van der Waals surface area contributed by atoms with Gasteiger partial charge in [-0.15, -0.1) is 0 Å². The Morgan fingerprint density at radius 1 is 1.17 bits per heavy atom. The van der Waals surface area contributed by atoms with E-state index in [1.165, 1.54) is 0 Å². The molecule has 0 spiro atoms. The number of nitrogen functional groups attached to an aromatic ring is 1. The van der Waals surface area contributed by atoms with Gasteiger partial charge in [0.05, 0.1) is 11.3 Å². The van der Waals surface area contributed by atoms with Crippen molar-refractivity contribution in [3.8, 4) is 22.5 Å². The molecule has 2 heterocycles. The molecule has 116 valence electrons. The first kappa shape index (κ1) is 14.8. The quantitative estimate of drug-likeness (QED) is 0.772. The maximum Gasteiger partial charge on any atom is 0.337 e. The van der Waals surface area contributed by atoms with E-state index in [2.05, 4.69) is 4.98 Å². The molecule has 0 amide bonds. The molecule has 0 bridgehead atoms. The third kappa shape index (κ3) is 2.68. The number of aromatic nitrogens is 2. The van der Waals surface area contributed by atoms with Gasteiger partial charge in [-0.05, 0) is 30.7 Å². The number of carbonyl (C=O) groups is 1. The van der Waals surface area contributed by atoms with Gasteiger partial charge in [-0.2, -0.15) is 0 Å². The highest BCUT2D eigenvalue weighted by Gasteiger charge is 2.21. The molecule has 3 aromatic rings. The number of carboxylic acids is 1. The monoisotopic (exact) mass is 307 g/mol. The molecule has 1 aromatic carbocycles. The Hall–Kier alpha value is -3.08. The molecule has 0 saturated heterocycles. The van der Waals surface area contributed by atoms with Crippen LogP contribution in [0.1, 0.15) is 17.3 Å². The van der Waals surface area contributed by atoms with E-state index >= 15 is 0 Å². The molecule has 0 fully saturated rings.